The minimum absolute atomic E-state index is 0.390. The van der Waals surface area contributed by atoms with Crippen LogP contribution in [0.5, 0.6) is 0 Å². The molecular formula is C26H39F3SSn. The molecule has 0 amide bonds. The Bertz CT molecular complexity index is 641. The van der Waals surface area contributed by atoms with Crippen LogP contribution in [0.4, 0.5) is 13.2 Å². The third-order valence-corrected chi connectivity index (χ3v) is 37.6. The second-order valence-corrected chi connectivity index (χ2v) is 30.0. The fraction of sp³-hybridized carbons (Fsp3) is 0.769. The molecule has 0 unspecified atom stereocenters. The summed E-state index contributed by atoms with van der Waals surface area (Å²) in [5.74, 6) is 0.606. The number of hydrogen-bond donors (Lipinski definition) is 0. The molecule has 1 aromatic carbocycles. The molecule has 3 aliphatic carbocycles. The fourth-order valence-corrected chi connectivity index (χ4v) is 39.7. The summed E-state index contributed by atoms with van der Waals surface area (Å²) < 4.78 is 43.9. The van der Waals surface area contributed by atoms with Crippen LogP contribution < -0.4 is 0 Å². The quantitative estimate of drug-likeness (QED) is 0.313. The van der Waals surface area contributed by atoms with E-state index < -0.39 is 28.7 Å². The first-order chi connectivity index (χ1) is 15.0. The van der Waals surface area contributed by atoms with Crippen molar-refractivity contribution in [3.63, 3.8) is 0 Å². The van der Waals surface area contributed by atoms with Crippen molar-refractivity contribution in [2.75, 3.05) is 0 Å². The summed E-state index contributed by atoms with van der Waals surface area (Å²) in [5, 5.41) is 0. The molecule has 174 valence electrons. The Labute approximate surface area is 193 Å². The topological polar surface area (TPSA) is 0 Å². The van der Waals surface area contributed by atoms with Gasteiger partial charge in [0, 0.05) is 0 Å². The van der Waals surface area contributed by atoms with Crippen molar-refractivity contribution in [3.05, 3.63) is 35.4 Å². The third-order valence-electron chi connectivity index (χ3n) is 8.53. The summed E-state index contributed by atoms with van der Waals surface area (Å²) >= 11 is -2.83. The van der Waals surface area contributed by atoms with Crippen LogP contribution in [0.25, 0.3) is 0 Å². The summed E-state index contributed by atoms with van der Waals surface area (Å²) in [6, 6.07) is 6.42. The molecule has 0 radical (unpaired) electrons. The van der Waals surface area contributed by atoms with E-state index in [-0.39, 0.29) is 0 Å². The van der Waals surface area contributed by atoms with Gasteiger partial charge in [-0.25, -0.2) is 0 Å². The second kappa shape index (κ2) is 11.1. The van der Waals surface area contributed by atoms with Crippen molar-refractivity contribution < 1.29 is 13.2 Å². The molecule has 0 aliphatic heterocycles. The predicted octanol–water partition coefficient (Wildman–Crippen LogP) is 9.89. The molecule has 3 aliphatic rings. The van der Waals surface area contributed by atoms with Crippen LogP contribution in [0.15, 0.2) is 24.3 Å². The van der Waals surface area contributed by atoms with Crippen LogP contribution in [0, 0.1) is 0 Å². The first kappa shape index (κ1) is 24.3. The zero-order chi connectivity index (χ0) is 21.7. The summed E-state index contributed by atoms with van der Waals surface area (Å²) in [7, 11) is 2.18. The molecule has 3 fully saturated rings. The van der Waals surface area contributed by atoms with Crippen LogP contribution in [-0.4, -0.2) is 17.0 Å². The Morgan fingerprint density at radius 1 is 0.677 bits per heavy atom. The number of benzene rings is 1. The Morgan fingerprint density at radius 3 is 1.52 bits per heavy atom. The summed E-state index contributed by atoms with van der Waals surface area (Å²) in [4.78, 5) is 0. The molecule has 4 rings (SSSR count). The van der Waals surface area contributed by atoms with Gasteiger partial charge in [0.15, 0.2) is 0 Å². The van der Waals surface area contributed by atoms with Crippen LogP contribution in [-0.2, 0) is 11.9 Å². The van der Waals surface area contributed by atoms with E-state index in [4.69, 9.17) is 0 Å². The van der Waals surface area contributed by atoms with Gasteiger partial charge in [-0.05, 0) is 0 Å². The first-order valence-corrected chi connectivity index (χ1v) is 22.2. The summed E-state index contributed by atoms with van der Waals surface area (Å²) in [5.41, 5.74) is 0.155. The van der Waals surface area contributed by atoms with Gasteiger partial charge in [0.25, 0.3) is 0 Å². The van der Waals surface area contributed by atoms with E-state index in [1.54, 1.807) is 12.1 Å². The minimum atomic E-state index is -4.24. The molecule has 3 saturated carbocycles. The average molecular weight is 559 g/mol. The Kier molecular flexibility index (Phi) is 8.66. The Hall–Kier alpha value is 0.159. The van der Waals surface area contributed by atoms with Crippen LogP contribution in [0.2, 0.25) is 11.8 Å². The summed E-state index contributed by atoms with van der Waals surface area (Å²) in [6.07, 6.45) is 16.4. The van der Waals surface area contributed by atoms with E-state index in [1.165, 1.54) is 102 Å². The van der Waals surface area contributed by atoms with Crippen molar-refractivity contribution in [2.45, 2.75) is 120 Å². The number of alkyl halides is 3. The van der Waals surface area contributed by atoms with Crippen LogP contribution in [0.1, 0.15) is 107 Å². The van der Waals surface area contributed by atoms with Gasteiger partial charge in [-0.2, -0.15) is 0 Å². The molecule has 1 aromatic rings. The van der Waals surface area contributed by atoms with E-state index in [9.17, 15) is 13.2 Å². The van der Waals surface area contributed by atoms with Crippen molar-refractivity contribution in [2.24, 2.45) is 0 Å². The Balaban J connectivity index is 1.68. The van der Waals surface area contributed by atoms with Crippen LogP contribution >= 0.6 is 8.95 Å². The molecule has 0 saturated heterocycles. The zero-order valence-electron chi connectivity index (χ0n) is 18.9. The molecule has 0 bridgehead atoms. The first-order valence-electron chi connectivity index (χ1n) is 12.8. The maximum atomic E-state index is 13.7. The molecule has 31 heavy (non-hydrogen) atoms. The SMILES string of the molecule is FC(F)(F)c1ccccc1C[S][Sn]([CH]1CCCCC1)([CH]1CCCCC1)[CH]1CCCCC1. The number of halogens is 3. The molecule has 0 aromatic heterocycles. The number of rotatable bonds is 6. The average Bonchev–Trinajstić information content (AvgIpc) is 2.81. The fourth-order valence-electron chi connectivity index (χ4n) is 7.14. The number of hydrogen-bond acceptors (Lipinski definition) is 1. The molecular weight excluding hydrogens is 520 g/mol. The van der Waals surface area contributed by atoms with Gasteiger partial charge in [0.1, 0.15) is 0 Å². The second-order valence-electron chi connectivity index (χ2n) is 10.3. The third kappa shape index (κ3) is 5.63. The summed E-state index contributed by atoms with van der Waals surface area (Å²) in [6.45, 7) is 0. The van der Waals surface area contributed by atoms with Gasteiger partial charge >= 0.3 is 195 Å². The molecule has 0 N–H and O–H groups in total. The van der Waals surface area contributed by atoms with Gasteiger partial charge < -0.3 is 0 Å². The normalized spacial score (nSPS) is 23.2. The molecule has 0 spiro atoms. The van der Waals surface area contributed by atoms with Gasteiger partial charge in [-0.1, -0.05) is 0 Å². The molecule has 5 heteroatoms. The predicted molar refractivity (Wildman–Crippen MR) is 129 cm³/mol. The maximum absolute atomic E-state index is 13.7. The van der Waals surface area contributed by atoms with Crippen LogP contribution in [0.3, 0.4) is 0 Å². The van der Waals surface area contributed by atoms with E-state index in [1.807, 2.05) is 6.07 Å². The van der Waals surface area contributed by atoms with Crippen molar-refractivity contribution >= 4 is 25.9 Å². The molecule has 0 heterocycles. The van der Waals surface area contributed by atoms with Gasteiger partial charge in [0.2, 0.25) is 0 Å². The van der Waals surface area contributed by atoms with Crippen molar-refractivity contribution in [1.29, 1.82) is 0 Å². The molecule has 0 atom stereocenters. The van der Waals surface area contributed by atoms with Crippen molar-refractivity contribution in [3.8, 4) is 0 Å². The van der Waals surface area contributed by atoms with E-state index in [2.05, 4.69) is 8.95 Å². The Morgan fingerprint density at radius 2 is 1.10 bits per heavy atom. The molecule has 0 nitrogen and oxygen atoms in total. The van der Waals surface area contributed by atoms with E-state index >= 15 is 0 Å². The standard InChI is InChI=1S/C8H7F3S.3C6H11.Sn/c9-8(10,11)7-4-2-1-3-6(7)5-12;3*1-2-4-6-5-3-1;/h1-4,12H,5H2;3*1H,2-6H2;/q;;;;+1/p-1. The van der Waals surface area contributed by atoms with E-state index in [0.29, 0.717) is 11.3 Å². The van der Waals surface area contributed by atoms with Gasteiger partial charge in [-0.3, -0.25) is 0 Å². The zero-order valence-corrected chi connectivity index (χ0v) is 22.6. The van der Waals surface area contributed by atoms with E-state index in [0.717, 1.165) is 11.8 Å². The monoisotopic (exact) mass is 560 g/mol. The van der Waals surface area contributed by atoms with Gasteiger partial charge in [0.05, 0.1) is 0 Å². The van der Waals surface area contributed by atoms with Crippen molar-refractivity contribution in [1.82, 2.24) is 0 Å². The van der Waals surface area contributed by atoms with Gasteiger partial charge in [-0.15, -0.1) is 0 Å².